The van der Waals surface area contributed by atoms with Gasteiger partial charge in [0.2, 0.25) is 11.0 Å². The number of carbonyl (C=O) groups excluding carboxylic acids is 1. The third-order valence-corrected chi connectivity index (χ3v) is 4.96. The standard InChI is InChI=1S/C13H20N4O3S/c1-20-7-12-15-16-13(21-12)14-11(19)6-17-4-8-2-10(18)3-9(8)5-17/h8-10,18H,2-7H2,1H3,(H,14,16,19)/t8-,9+,10?. The minimum Gasteiger partial charge on any atom is -0.393 e. The molecule has 1 aromatic rings. The normalized spacial score (nSPS) is 28.8. The molecule has 0 aromatic carbocycles. The first-order valence-electron chi connectivity index (χ1n) is 7.15. The van der Waals surface area contributed by atoms with Crippen molar-refractivity contribution in [1.82, 2.24) is 15.1 Å². The van der Waals surface area contributed by atoms with Crippen LogP contribution in [0, 0.1) is 11.8 Å². The zero-order valence-electron chi connectivity index (χ0n) is 12.0. The lowest BCUT2D eigenvalue weighted by Crippen LogP contribution is -2.32. The molecule has 2 aliphatic rings. The Kier molecular flexibility index (Phi) is 4.48. The van der Waals surface area contributed by atoms with Crippen LogP contribution >= 0.6 is 11.3 Å². The smallest absolute Gasteiger partial charge is 0.240 e. The molecule has 0 bridgehead atoms. The molecular weight excluding hydrogens is 292 g/mol. The molecule has 2 heterocycles. The van der Waals surface area contributed by atoms with Gasteiger partial charge in [-0.2, -0.15) is 0 Å². The quantitative estimate of drug-likeness (QED) is 0.814. The van der Waals surface area contributed by atoms with Crippen LogP contribution in [0.2, 0.25) is 0 Å². The summed E-state index contributed by atoms with van der Waals surface area (Å²) in [5, 5.41) is 21.5. The molecule has 1 unspecified atom stereocenters. The molecule has 3 atom stereocenters. The van der Waals surface area contributed by atoms with Crippen LogP contribution in [0.3, 0.4) is 0 Å². The molecule has 1 saturated carbocycles. The number of anilines is 1. The summed E-state index contributed by atoms with van der Waals surface area (Å²) in [5.41, 5.74) is 0. The highest BCUT2D eigenvalue weighted by atomic mass is 32.1. The average molecular weight is 312 g/mol. The number of carbonyl (C=O) groups is 1. The van der Waals surface area contributed by atoms with Crippen molar-refractivity contribution < 1.29 is 14.6 Å². The summed E-state index contributed by atoms with van der Waals surface area (Å²) in [6.45, 7) is 2.59. The number of aliphatic hydroxyl groups excluding tert-OH is 1. The van der Waals surface area contributed by atoms with Crippen molar-refractivity contribution >= 4 is 22.4 Å². The van der Waals surface area contributed by atoms with Crippen LogP contribution in [0.15, 0.2) is 0 Å². The van der Waals surface area contributed by atoms with E-state index in [1.54, 1.807) is 7.11 Å². The van der Waals surface area contributed by atoms with Crippen molar-refractivity contribution in [3.05, 3.63) is 5.01 Å². The summed E-state index contributed by atoms with van der Waals surface area (Å²) in [6, 6.07) is 0. The molecule has 1 aromatic heterocycles. The third kappa shape index (κ3) is 3.57. The van der Waals surface area contributed by atoms with Crippen LogP contribution in [0.4, 0.5) is 5.13 Å². The van der Waals surface area contributed by atoms with Gasteiger partial charge in [-0.15, -0.1) is 10.2 Å². The van der Waals surface area contributed by atoms with E-state index in [1.165, 1.54) is 11.3 Å². The van der Waals surface area contributed by atoms with Crippen LogP contribution in [0.1, 0.15) is 17.8 Å². The predicted molar refractivity (Wildman–Crippen MR) is 77.9 cm³/mol. The van der Waals surface area contributed by atoms with Crippen LogP contribution in [0.25, 0.3) is 0 Å². The lowest BCUT2D eigenvalue weighted by molar-refractivity contribution is -0.117. The zero-order chi connectivity index (χ0) is 14.8. The summed E-state index contributed by atoms with van der Waals surface area (Å²) in [4.78, 5) is 14.2. The topological polar surface area (TPSA) is 87.6 Å². The highest BCUT2D eigenvalue weighted by molar-refractivity contribution is 7.15. The Morgan fingerprint density at radius 1 is 1.43 bits per heavy atom. The monoisotopic (exact) mass is 312 g/mol. The first-order chi connectivity index (χ1) is 10.1. The number of rotatable bonds is 5. The summed E-state index contributed by atoms with van der Waals surface area (Å²) in [7, 11) is 1.60. The molecule has 2 fully saturated rings. The molecular formula is C13H20N4O3S. The molecule has 8 heteroatoms. The number of nitrogens with zero attached hydrogens (tertiary/aromatic N) is 3. The number of hydrogen-bond acceptors (Lipinski definition) is 7. The molecule has 2 N–H and O–H groups in total. The Morgan fingerprint density at radius 2 is 2.14 bits per heavy atom. The maximum atomic E-state index is 12.0. The van der Waals surface area contributed by atoms with Gasteiger partial charge < -0.3 is 9.84 Å². The summed E-state index contributed by atoms with van der Waals surface area (Å²) in [5.74, 6) is 1.03. The van der Waals surface area contributed by atoms with E-state index < -0.39 is 0 Å². The molecule has 1 aliphatic heterocycles. The van der Waals surface area contributed by atoms with Gasteiger partial charge in [0.15, 0.2) is 0 Å². The maximum Gasteiger partial charge on any atom is 0.240 e. The highest BCUT2D eigenvalue weighted by Gasteiger charge is 2.40. The fraction of sp³-hybridized carbons (Fsp3) is 0.769. The second-order valence-corrected chi connectivity index (χ2v) is 6.88. The van der Waals surface area contributed by atoms with Gasteiger partial charge in [0.25, 0.3) is 0 Å². The first kappa shape index (κ1) is 14.8. The number of methoxy groups -OCH3 is 1. The molecule has 116 valence electrons. The van der Waals surface area contributed by atoms with E-state index in [0.29, 0.717) is 30.1 Å². The van der Waals surface area contributed by atoms with Crippen molar-refractivity contribution in [3.8, 4) is 0 Å². The van der Waals surface area contributed by atoms with Crippen molar-refractivity contribution in [2.45, 2.75) is 25.6 Å². The number of nitrogens with one attached hydrogen (secondary N) is 1. The predicted octanol–water partition coefficient (Wildman–Crippen LogP) is 0.326. The molecule has 1 amide bonds. The van der Waals surface area contributed by atoms with E-state index in [9.17, 15) is 9.90 Å². The molecule has 3 rings (SSSR count). The highest BCUT2D eigenvalue weighted by Crippen LogP contribution is 2.37. The molecule has 0 spiro atoms. The van der Waals surface area contributed by atoms with E-state index in [0.717, 1.165) is 30.9 Å². The first-order valence-corrected chi connectivity index (χ1v) is 7.97. The third-order valence-electron chi connectivity index (χ3n) is 4.15. The summed E-state index contributed by atoms with van der Waals surface area (Å²) < 4.78 is 4.97. The lowest BCUT2D eigenvalue weighted by atomic mass is 10.0. The van der Waals surface area contributed by atoms with Crippen molar-refractivity contribution in [1.29, 1.82) is 0 Å². The Labute approximate surface area is 127 Å². The van der Waals surface area contributed by atoms with Gasteiger partial charge >= 0.3 is 0 Å². The fourth-order valence-corrected chi connectivity index (χ4v) is 4.07. The van der Waals surface area contributed by atoms with Crippen LogP contribution in [-0.4, -0.2) is 59.0 Å². The van der Waals surface area contributed by atoms with Crippen LogP contribution in [0.5, 0.6) is 0 Å². The van der Waals surface area contributed by atoms with E-state index >= 15 is 0 Å². The second-order valence-electron chi connectivity index (χ2n) is 5.82. The van der Waals surface area contributed by atoms with Crippen LogP contribution < -0.4 is 5.32 Å². The average Bonchev–Trinajstić information content (AvgIpc) is 3.05. The number of ether oxygens (including phenoxy) is 1. The minimum absolute atomic E-state index is 0.0596. The number of likely N-dealkylation sites (tertiary alicyclic amines) is 1. The summed E-state index contributed by atoms with van der Waals surface area (Å²) in [6.07, 6.45) is 1.61. The lowest BCUT2D eigenvalue weighted by Gasteiger charge is -2.16. The maximum absolute atomic E-state index is 12.0. The molecule has 1 aliphatic carbocycles. The van der Waals surface area contributed by atoms with Crippen molar-refractivity contribution in [2.75, 3.05) is 32.1 Å². The zero-order valence-corrected chi connectivity index (χ0v) is 12.8. The Balaban J connectivity index is 1.46. The van der Waals surface area contributed by atoms with Gasteiger partial charge in [-0.1, -0.05) is 11.3 Å². The van der Waals surface area contributed by atoms with Gasteiger partial charge in [0.05, 0.1) is 12.6 Å². The SMILES string of the molecule is COCc1nnc(NC(=O)CN2C[C@H]3CC(O)C[C@H]3C2)s1. The van der Waals surface area contributed by atoms with Gasteiger partial charge in [-0.25, -0.2) is 0 Å². The molecule has 1 saturated heterocycles. The minimum atomic E-state index is -0.142. The van der Waals surface area contributed by atoms with E-state index in [-0.39, 0.29) is 12.0 Å². The molecule has 7 nitrogen and oxygen atoms in total. The van der Waals surface area contributed by atoms with Gasteiger partial charge in [0.1, 0.15) is 11.6 Å². The molecule has 0 radical (unpaired) electrons. The number of aliphatic hydroxyl groups is 1. The van der Waals surface area contributed by atoms with Crippen LogP contribution in [-0.2, 0) is 16.1 Å². The Morgan fingerprint density at radius 3 is 2.81 bits per heavy atom. The van der Waals surface area contributed by atoms with Gasteiger partial charge in [0, 0.05) is 20.2 Å². The number of hydrogen-bond donors (Lipinski definition) is 2. The molecule has 21 heavy (non-hydrogen) atoms. The summed E-state index contributed by atoms with van der Waals surface area (Å²) >= 11 is 1.33. The van der Waals surface area contributed by atoms with Gasteiger partial charge in [-0.3, -0.25) is 15.0 Å². The van der Waals surface area contributed by atoms with E-state index in [4.69, 9.17) is 4.74 Å². The van der Waals surface area contributed by atoms with Crippen molar-refractivity contribution in [3.63, 3.8) is 0 Å². The van der Waals surface area contributed by atoms with E-state index in [2.05, 4.69) is 20.4 Å². The van der Waals surface area contributed by atoms with Crippen molar-refractivity contribution in [2.24, 2.45) is 11.8 Å². The second kappa shape index (κ2) is 6.35. The number of amides is 1. The van der Waals surface area contributed by atoms with Gasteiger partial charge in [-0.05, 0) is 24.7 Å². The fourth-order valence-electron chi connectivity index (χ4n) is 3.34. The Hall–Kier alpha value is -1.09. The Bertz CT molecular complexity index is 495. The van der Waals surface area contributed by atoms with E-state index in [1.807, 2.05) is 0 Å². The largest absolute Gasteiger partial charge is 0.393 e. The number of fused-ring (bicyclic) bond motifs is 1. The number of aromatic nitrogens is 2.